The number of benzene rings is 1. The molecule has 0 bridgehead atoms. The summed E-state index contributed by atoms with van der Waals surface area (Å²) in [6.45, 7) is 7.46. The van der Waals surface area contributed by atoms with E-state index in [1.54, 1.807) is 49.8 Å². The van der Waals surface area contributed by atoms with Crippen molar-refractivity contribution >= 4 is 23.2 Å². The van der Waals surface area contributed by atoms with Crippen molar-refractivity contribution in [3.8, 4) is 0 Å². The number of halogens is 2. The highest BCUT2D eigenvalue weighted by Crippen LogP contribution is 2.23. The summed E-state index contributed by atoms with van der Waals surface area (Å²) >= 11 is 6.02. The molecular formula is C19H21ClFN5O. The molecule has 3 rings (SSSR count). The minimum atomic E-state index is -0.537. The van der Waals surface area contributed by atoms with Gasteiger partial charge in [-0.1, -0.05) is 29.8 Å². The quantitative estimate of drug-likeness (QED) is 0.716. The van der Waals surface area contributed by atoms with Crippen molar-refractivity contribution < 1.29 is 9.18 Å². The molecule has 142 valence electrons. The van der Waals surface area contributed by atoms with E-state index in [4.69, 9.17) is 11.6 Å². The van der Waals surface area contributed by atoms with Crippen LogP contribution in [0.5, 0.6) is 0 Å². The molecule has 0 saturated carbocycles. The Hall–Kier alpha value is -2.67. The molecule has 6 nitrogen and oxygen atoms in total. The number of nitrogens with zero attached hydrogens (tertiary/aromatic N) is 4. The summed E-state index contributed by atoms with van der Waals surface area (Å²) < 4.78 is 17.1. The SMILES string of the molecule is Cc1nn(C(C)C(=O)Nc2c(C)nn(Cc3ccccc3F)c2C)cc1Cl. The number of hydrogen-bond acceptors (Lipinski definition) is 3. The van der Waals surface area contributed by atoms with Crippen LogP contribution < -0.4 is 5.32 Å². The van der Waals surface area contributed by atoms with Gasteiger partial charge in [0.1, 0.15) is 11.9 Å². The molecule has 2 heterocycles. The molecule has 0 aliphatic carbocycles. The van der Waals surface area contributed by atoms with Gasteiger partial charge in [0.05, 0.1) is 34.3 Å². The first-order chi connectivity index (χ1) is 12.8. The van der Waals surface area contributed by atoms with Crippen molar-refractivity contribution in [2.45, 2.75) is 40.3 Å². The van der Waals surface area contributed by atoms with Crippen molar-refractivity contribution in [3.05, 3.63) is 63.9 Å². The smallest absolute Gasteiger partial charge is 0.249 e. The second kappa shape index (κ2) is 7.52. The van der Waals surface area contributed by atoms with E-state index in [-0.39, 0.29) is 11.7 Å². The zero-order valence-corrected chi connectivity index (χ0v) is 16.4. The van der Waals surface area contributed by atoms with Crippen molar-refractivity contribution in [2.75, 3.05) is 5.32 Å². The summed E-state index contributed by atoms with van der Waals surface area (Å²) in [5.74, 6) is -0.513. The molecule has 0 saturated heterocycles. The second-order valence-electron chi connectivity index (χ2n) is 6.50. The van der Waals surface area contributed by atoms with E-state index in [0.717, 1.165) is 5.69 Å². The molecule has 0 aliphatic rings. The van der Waals surface area contributed by atoms with E-state index in [0.29, 0.717) is 34.2 Å². The summed E-state index contributed by atoms with van der Waals surface area (Å²) in [7, 11) is 0. The second-order valence-corrected chi connectivity index (χ2v) is 6.91. The van der Waals surface area contributed by atoms with Crippen LogP contribution in [0.15, 0.2) is 30.5 Å². The number of hydrogen-bond donors (Lipinski definition) is 1. The molecule has 1 N–H and O–H groups in total. The van der Waals surface area contributed by atoms with Gasteiger partial charge < -0.3 is 5.32 Å². The summed E-state index contributed by atoms with van der Waals surface area (Å²) in [6, 6.07) is 6.03. The van der Waals surface area contributed by atoms with Gasteiger partial charge in [-0.05, 0) is 33.8 Å². The van der Waals surface area contributed by atoms with Gasteiger partial charge >= 0.3 is 0 Å². The predicted molar refractivity (Wildman–Crippen MR) is 103 cm³/mol. The molecule has 27 heavy (non-hydrogen) atoms. The van der Waals surface area contributed by atoms with Crippen LogP contribution in [0.1, 0.15) is 35.6 Å². The molecule has 1 amide bonds. The van der Waals surface area contributed by atoms with E-state index in [2.05, 4.69) is 15.5 Å². The fourth-order valence-corrected chi connectivity index (χ4v) is 2.96. The molecule has 2 aromatic heterocycles. The Labute approximate surface area is 161 Å². The van der Waals surface area contributed by atoms with Crippen molar-refractivity contribution in [3.63, 3.8) is 0 Å². The highest BCUT2D eigenvalue weighted by atomic mass is 35.5. The minimum Gasteiger partial charge on any atom is -0.321 e. The Morgan fingerprint density at radius 3 is 2.56 bits per heavy atom. The van der Waals surface area contributed by atoms with Crippen LogP contribution in [0.25, 0.3) is 0 Å². The molecule has 0 spiro atoms. The van der Waals surface area contributed by atoms with Crippen LogP contribution in [0.2, 0.25) is 5.02 Å². The maximum atomic E-state index is 13.9. The summed E-state index contributed by atoms with van der Waals surface area (Å²) in [5, 5.41) is 12.1. The fourth-order valence-electron chi connectivity index (χ4n) is 2.83. The van der Waals surface area contributed by atoms with E-state index in [1.807, 2.05) is 6.92 Å². The maximum absolute atomic E-state index is 13.9. The maximum Gasteiger partial charge on any atom is 0.249 e. The Morgan fingerprint density at radius 1 is 1.22 bits per heavy atom. The fraction of sp³-hybridized carbons (Fsp3) is 0.316. The number of aryl methyl sites for hydroxylation is 2. The molecule has 0 fully saturated rings. The molecule has 1 atom stereocenters. The molecular weight excluding hydrogens is 369 g/mol. The summed E-state index contributed by atoms with van der Waals surface area (Å²) in [6.07, 6.45) is 1.63. The average molecular weight is 390 g/mol. The van der Waals surface area contributed by atoms with Crippen molar-refractivity contribution in [1.29, 1.82) is 0 Å². The number of aromatic nitrogens is 4. The lowest BCUT2D eigenvalue weighted by Gasteiger charge is -2.13. The normalized spacial score (nSPS) is 12.2. The van der Waals surface area contributed by atoms with Crippen molar-refractivity contribution in [2.24, 2.45) is 0 Å². The lowest BCUT2D eigenvalue weighted by atomic mass is 10.2. The first kappa shape index (κ1) is 19.1. The van der Waals surface area contributed by atoms with Gasteiger partial charge in [0.25, 0.3) is 0 Å². The third kappa shape index (κ3) is 3.88. The standard InChI is InChI=1S/C19H21ClFN5O/c1-11-16(20)10-26(23-11)14(4)19(27)22-18-12(2)24-25(13(18)3)9-15-7-5-6-8-17(15)21/h5-8,10,14H,9H2,1-4H3,(H,22,27). The van der Waals surface area contributed by atoms with Gasteiger partial charge in [-0.15, -0.1) is 0 Å². The molecule has 0 aliphatic heterocycles. The Bertz CT molecular complexity index is 975. The monoisotopic (exact) mass is 389 g/mol. The molecule has 1 aromatic carbocycles. The predicted octanol–water partition coefficient (Wildman–Crippen LogP) is 4.05. The number of anilines is 1. The molecule has 8 heteroatoms. The van der Waals surface area contributed by atoms with Crippen LogP contribution in [0, 0.1) is 26.6 Å². The minimum absolute atomic E-state index is 0.231. The third-order valence-electron chi connectivity index (χ3n) is 4.54. The van der Waals surface area contributed by atoms with E-state index in [1.165, 1.54) is 10.7 Å². The summed E-state index contributed by atoms with van der Waals surface area (Å²) in [4.78, 5) is 12.6. The number of carbonyl (C=O) groups is 1. The van der Waals surface area contributed by atoms with Crippen LogP contribution in [0.4, 0.5) is 10.1 Å². The zero-order chi connectivity index (χ0) is 19.7. The van der Waals surface area contributed by atoms with Gasteiger partial charge in [-0.3, -0.25) is 14.2 Å². The van der Waals surface area contributed by atoms with Crippen LogP contribution in [-0.2, 0) is 11.3 Å². The van der Waals surface area contributed by atoms with Gasteiger partial charge in [0.15, 0.2) is 0 Å². The topological polar surface area (TPSA) is 64.7 Å². The number of carbonyl (C=O) groups excluding carboxylic acids is 1. The molecule has 0 radical (unpaired) electrons. The van der Waals surface area contributed by atoms with Crippen LogP contribution in [0.3, 0.4) is 0 Å². The van der Waals surface area contributed by atoms with Crippen molar-refractivity contribution in [1.82, 2.24) is 19.6 Å². The lowest BCUT2D eigenvalue weighted by Crippen LogP contribution is -2.24. The highest BCUT2D eigenvalue weighted by Gasteiger charge is 2.21. The van der Waals surface area contributed by atoms with Gasteiger partial charge in [0.2, 0.25) is 5.91 Å². The number of rotatable bonds is 5. The Morgan fingerprint density at radius 2 is 1.93 bits per heavy atom. The largest absolute Gasteiger partial charge is 0.321 e. The Kier molecular flexibility index (Phi) is 5.32. The van der Waals surface area contributed by atoms with E-state index >= 15 is 0 Å². The molecule has 3 aromatic rings. The van der Waals surface area contributed by atoms with E-state index in [9.17, 15) is 9.18 Å². The first-order valence-electron chi connectivity index (χ1n) is 8.57. The van der Waals surface area contributed by atoms with E-state index < -0.39 is 6.04 Å². The van der Waals surface area contributed by atoms with Gasteiger partial charge in [-0.25, -0.2) is 4.39 Å². The number of amides is 1. The summed E-state index contributed by atoms with van der Waals surface area (Å²) in [5.41, 5.74) is 3.25. The third-order valence-corrected chi connectivity index (χ3v) is 4.91. The zero-order valence-electron chi connectivity index (χ0n) is 15.6. The van der Waals surface area contributed by atoms with Crippen LogP contribution in [-0.4, -0.2) is 25.5 Å². The van der Waals surface area contributed by atoms with Gasteiger partial charge in [0, 0.05) is 11.8 Å². The number of nitrogens with one attached hydrogen (secondary N) is 1. The Balaban J connectivity index is 1.80. The average Bonchev–Trinajstić information content (AvgIpc) is 3.10. The first-order valence-corrected chi connectivity index (χ1v) is 8.95. The van der Waals surface area contributed by atoms with Gasteiger partial charge in [-0.2, -0.15) is 10.2 Å². The molecule has 1 unspecified atom stereocenters. The highest BCUT2D eigenvalue weighted by molar-refractivity contribution is 6.31. The lowest BCUT2D eigenvalue weighted by molar-refractivity contribution is -0.119. The van der Waals surface area contributed by atoms with Crippen LogP contribution >= 0.6 is 11.6 Å².